The maximum atomic E-state index is 11.2. The third-order valence-electron chi connectivity index (χ3n) is 2.71. The zero-order valence-corrected chi connectivity index (χ0v) is 9.64. The Bertz CT molecular complexity index is 537. The van der Waals surface area contributed by atoms with E-state index < -0.39 is 18.0 Å². The van der Waals surface area contributed by atoms with Gasteiger partial charge in [-0.15, -0.1) is 0 Å². The van der Waals surface area contributed by atoms with Crippen molar-refractivity contribution in [3.63, 3.8) is 0 Å². The number of carbonyl (C=O) groups is 2. The van der Waals surface area contributed by atoms with E-state index in [9.17, 15) is 14.4 Å². The monoisotopic (exact) mass is 246 g/mol. The summed E-state index contributed by atoms with van der Waals surface area (Å²) in [5.74, 6) is 0.506. The molecule has 5 nitrogen and oxygen atoms in total. The predicted molar refractivity (Wildman–Crippen MR) is 60.4 cm³/mol. The molecule has 0 bridgehead atoms. The van der Waals surface area contributed by atoms with E-state index >= 15 is 0 Å². The fourth-order valence-electron chi connectivity index (χ4n) is 1.73. The van der Waals surface area contributed by atoms with Crippen molar-refractivity contribution >= 4 is 17.9 Å². The van der Waals surface area contributed by atoms with E-state index in [1.807, 2.05) is 0 Å². The van der Waals surface area contributed by atoms with Gasteiger partial charge in [0.05, 0.1) is 12.7 Å². The highest BCUT2D eigenvalue weighted by molar-refractivity contribution is 5.98. The van der Waals surface area contributed by atoms with E-state index in [2.05, 4.69) is 4.74 Å². The SMILES string of the molecule is COC(=O)c1ccc(C2CC(=C=O)C(=O)O2)cc1. The fraction of sp³-hybridized carbons (Fsp3) is 0.231. The molecule has 1 saturated heterocycles. The van der Waals surface area contributed by atoms with Gasteiger partial charge < -0.3 is 9.47 Å². The summed E-state index contributed by atoms with van der Waals surface area (Å²) in [4.78, 5) is 32.9. The molecule has 1 unspecified atom stereocenters. The molecule has 0 radical (unpaired) electrons. The molecule has 92 valence electrons. The molecule has 1 aliphatic rings. The van der Waals surface area contributed by atoms with Crippen LogP contribution in [0.4, 0.5) is 0 Å². The van der Waals surface area contributed by atoms with Gasteiger partial charge in [-0.2, -0.15) is 0 Å². The van der Waals surface area contributed by atoms with Gasteiger partial charge in [0, 0.05) is 6.42 Å². The van der Waals surface area contributed by atoms with Crippen molar-refractivity contribution in [2.24, 2.45) is 0 Å². The Balaban J connectivity index is 2.19. The van der Waals surface area contributed by atoms with E-state index in [0.717, 1.165) is 5.56 Å². The molecule has 1 aliphatic heterocycles. The number of hydrogen-bond donors (Lipinski definition) is 0. The van der Waals surface area contributed by atoms with Crippen LogP contribution in [0.15, 0.2) is 29.8 Å². The van der Waals surface area contributed by atoms with Crippen molar-refractivity contribution in [3.8, 4) is 0 Å². The molecule has 0 saturated carbocycles. The molecule has 1 aromatic carbocycles. The molecule has 1 heterocycles. The highest BCUT2D eigenvalue weighted by atomic mass is 16.5. The Kier molecular flexibility index (Phi) is 3.26. The second-order valence-corrected chi connectivity index (χ2v) is 3.79. The van der Waals surface area contributed by atoms with Crippen molar-refractivity contribution < 1.29 is 23.9 Å². The molecule has 1 fully saturated rings. The topological polar surface area (TPSA) is 69.7 Å². The van der Waals surface area contributed by atoms with Gasteiger partial charge in [0.15, 0.2) is 0 Å². The van der Waals surface area contributed by atoms with Gasteiger partial charge >= 0.3 is 11.9 Å². The van der Waals surface area contributed by atoms with Gasteiger partial charge in [-0.1, -0.05) is 12.1 Å². The lowest BCUT2D eigenvalue weighted by Crippen LogP contribution is -2.03. The summed E-state index contributed by atoms with van der Waals surface area (Å²) >= 11 is 0. The summed E-state index contributed by atoms with van der Waals surface area (Å²) < 4.78 is 9.60. The number of esters is 2. The number of methoxy groups -OCH3 is 1. The van der Waals surface area contributed by atoms with Gasteiger partial charge in [0.2, 0.25) is 0 Å². The van der Waals surface area contributed by atoms with Crippen LogP contribution in [0.25, 0.3) is 0 Å². The standard InChI is InChI=1S/C13H10O5/c1-17-12(15)9-4-2-8(3-5-9)11-6-10(7-14)13(16)18-11/h2-5,11H,6H2,1H3. The second kappa shape index (κ2) is 4.85. The minimum Gasteiger partial charge on any atom is -0.465 e. The minimum atomic E-state index is -0.632. The number of hydrogen-bond acceptors (Lipinski definition) is 5. The number of cyclic esters (lactones) is 1. The summed E-state index contributed by atoms with van der Waals surface area (Å²) in [6.07, 6.45) is -0.277. The van der Waals surface area contributed by atoms with E-state index in [1.54, 1.807) is 30.2 Å². The quantitative estimate of drug-likeness (QED) is 0.446. The molecule has 1 atom stereocenters. The maximum absolute atomic E-state index is 11.2. The molecule has 0 spiro atoms. The van der Waals surface area contributed by atoms with Crippen molar-refractivity contribution in [1.82, 2.24) is 0 Å². The summed E-state index contributed by atoms with van der Waals surface area (Å²) in [5, 5.41) is 0. The lowest BCUT2D eigenvalue weighted by Gasteiger charge is -2.08. The maximum Gasteiger partial charge on any atom is 0.346 e. The van der Waals surface area contributed by atoms with Crippen molar-refractivity contribution in [2.45, 2.75) is 12.5 Å². The predicted octanol–water partition coefficient (Wildman–Crippen LogP) is 1.22. The van der Waals surface area contributed by atoms with Crippen LogP contribution < -0.4 is 0 Å². The Morgan fingerprint density at radius 3 is 2.56 bits per heavy atom. The van der Waals surface area contributed by atoms with Gasteiger partial charge in [-0.25, -0.2) is 14.4 Å². The summed E-state index contributed by atoms with van der Waals surface area (Å²) in [6, 6.07) is 6.49. The zero-order chi connectivity index (χ0) is 13.1. The smallest absolute Gasteiger partial charge is 0.346 e. The van der Waals surface area contributed by atoms with Crippen LogP contribution in [0, 0.1) is 0 Å². The van der Waals surface area contributed by atoms with Gasteiger partial charge in [-0.05, 0) is 17.7 Å². The highest BCUT2D eigenvalue weighted by Gasteiger charge is 2.31. The van der Waals surface area contributed by atoms with Crippen LogP contribution in [0.2, 0.25) is 0 Å². The van der Waals surface area contributed by atoms with Crippen LogP contribution >= 0.6 is 0 Å². The van der Waals surface area contributed by atoms with E-state index in [1.165, 1.54) is 7.11 Å². The summed E-state index contributed by atoms with van der Waals surface area (Å²) in [7, 11) is 1.30. The zero-order valence-electron chi connectivity index (χ0n) is 9.64. The summed E-state index contributed by atoms with van der Waals surface area (Å²) in [5.41, 5.74) is 1.15. The first-order valence-corrected chi connectivity index (χ1v) is 5.29. The van der Waals surface area contributed by atoms with E-state index in [-0.39, 0.29) is 12.0 Å². The van der Waals surface area contributed by atoms with Crippen LogP contribution in [0.3, 0.4) is 0 Å². The average Bonchev–Trinajstić information content (AvgIpc) is 2.79. The van der Waals surface area contributed by atoms with Crippen LogP contribution in [-0.2, 0) is 19.1 Å². The fourth-order valence-corrected chi connectivity index (χ4v) is 1.73. The molecule has 0 aromatic heterocycles. The molecule has 2 rings (SSSR count). The average molecular weight is 246 g/mol. The third kappa shape index (κ3) is 2.17. The molecular weight excluding hydrogens is 236 g/mol. The van der Waals surface area contributed by atoms with Crippen LogP contribution in [0.1, 0.15) is 28.4 Å². The van der Waals surface area contributed by atoms with Crippen LogP contribution in [-0.4, -0.2) is 25.0 Å². The largest absolute Gasteiger partial charge is 0.465 e. The Morgan fingerprint density at radius 2 is 2.06 bits per heavy atom. The minimum absolute atomic E-state index is 0.0112. The number of benzene rings is 1. The molecule has 0 aliphatic carbocycles. The number of ether oxygens (including phenoxy) is 2. The van der Waals surface area contributed by atoms with E-state index in [4.69, 9.17) is 4.74 Å². The van der Waals surface area contributed by atoms with Gasteiger partial charge in [0.25, 0.3) is 0 Å². The molecule has 1 aromatic rings. The molecular formula is C13H10O5. The number of carbonyl (C=O) groups excluding carboxylic acids is 3. The lowest BCUT2D eigenvalue weighted by atomic mass is 10.0. The van der Waals surface area contributed by atoms with Gasteiger partial charge in [-0.3, -0.25) is 0 Å². The first-order valence-electron chi connectivity index (χ1n) is 5.29. The second-order valence-electron chi connectivity index (χ2n) is 3.79. The molecule has 0 amide bonds. The van der Waals surface area contributed by atoms with Gasteiger partial charge in [0.1, 0.15) is 17.6 Å². The first kappa shape index (κ1) is 12.1. The molecule has 0 N–H and O–H groups in total. The van der Waals surface area contributed by atoms with Crippen molar-refractivity contribution in [3.05, 3.63) is 41.0 Å². The first-order chi connectivity index (χ1) is 8.65. The Morgan fingerprint density at radius 1 is 1.39 bits per heavy atom. The van der Waals surface area contributed by atoms with Crippen molar-refractivity contribution in [1.29, 1.82) is 0 Å². The number of rotatable bonds is 2. The van der Waals surface area contributed by atoms with Crippen molar-refractivity contribution in [2.75, 3.05) is 7.11 Å². The Labute approximate surface area is 103 Å². The molecule has 18 heavy (non-hydrogen) atoms. The normalized spacial score (nSPS) is 18.2. The highest BCUT2D eigenvalue weighted by Crippen LogP contribution is 2.31. The summed E-state index contributed by atoms with van der Waals surface area (Å²) in [6.45, 7) is 0. The molecule has 5 heteroatoms. The Hall–Kier alpha value is -2.39. The lowest BCUT2D eigenvalue weighted by molar-refractivity contribution is -0.139. The van der Waals surface area contributed by atoms with E-state index in [0.29, 0.717) is 5.56 Å². The third-order valence-corrected chi connectivity index (χ3v) is 2.71. The van der Waals surface area contributed by atoms with Crippen LogP contribution in [0.5, 0.6) is 0 Å².